The highest BCUT2D eigenvalue weighted by molar-refractivity contribution is 7.99. The van der Waals surface area contributed by atoms with Crippen molar-refractivity contribution in [1.29, 1.82) is 0 Å². The number of carbonyl (C=O) groups excluding carboxylic acids is 3. The van der Waals surface area contributed by atoms with Crippen LogP contribution in [0.5, 0.6) is 5.75 Å². The fraction of sp³-hybridized carbons (Fsp3) is 0.381. The van der Waals surface area contributed by atoms with Gasteiger partial charge in [-0.15, -0.1) is 11.8 Å². The van der Waals surface area contributed by atoms with E-state index in [4.69, 9.17) is 18.9 Å². The Morgan fingerprint density at radius 2 is 1.66 bits per heavy atom. The number of aromatic nitrogens is 2. The third-order valence-electron chi connectivity index (χ3n) is 4.29. The van der Waals surface area contributed by atoms with E-state index in [-0.39, 0.29) is 5.75 Å². The number of nitrogens with zero attached hydrogens (tertiary/aromatic N) is 2. The van der Waals surface area contributed by atoms with E-state index in [1.165, 1.54) is 50.9 Å². The molecular weight excluding hydrogens is 443 g/mol. The van der Waals surface area contributed by atoms with Gasteiger partial charge in [-0.2, -0.15) is 0 Å². The van der Waals surface area contributed by atoms with Gasteiger partial charge < -0.3 is 18.9 Å². The summed E-state index contributed by atoms with van der Waals surface area (Å²) in [5.74, 6) is -1.69. The number of pyridine rings is 2. The van der Waals surface area contributed by atoms with Crippen molar-refractivity contribution in [3.05, 3.63) is 42.6 Å². The topological polar surface area (TPSA) is 114 Å². The molecule has 11 heteroatoms. The molecule has 170 valence electrons. The van der Waals surface area contributed by atoms with Crippen LogP contribution in [0, 0.1) is 5.82 Å². The standard InChI is InChI=1S/C21H21FN2O7S/c1-11(25)28-18-10-32-21(20(30-13(3)27)19(18)29-12(2)26)31-16-6-14(7-23-9-16)17-5-4-15(22)8-24-17/h4-9,18-21H,10H2,1-3H3/t18-,19+,20-,21?/m1/s1. The van der Waals surface area contributed by atoms with E-state index in [0.29, 0.717) is 17.0 Å². The molecule has 0 amide bonds. The minimum atomic E-state index is -1.05. The van der Waals surface area contributed by atoms with Gasteiger partial charge in [-0.1, -0.05) is 0 Å². The molecule has 1 unspecified atom stereocenters. The molecule has 3 heterocycles. The van der Waals surface area contributed by atoms with Crippen molar-refractivity contribution < 1.29 is 37.7 Å². The van der Waals surface area contributed by atoms with Crippen molar-refractivity contribution in [2.24, 2.45) is 0 Å². The van der Waals surface area contributed by atoms with E-state index < -0.39 is 47.5 Å². The van der Waals surface area contributed by atoms with Gasteiger partial charge in [0, 0.05) is 38.3 Å². The number of rotatable bonds is 6. The molecule has 1 saturated heterocycles. The van der Waals surface area contributed by atoms with E-state index in [1.54, 1.807) is 12.3 Å². The van der Waals surface area contributed by atoms with Crippen LogP contribution >= 0.6 is 11.8 Å². The Balaban J connectivity index is 1.86. The summed E-state index contributed by atoms with van der Waals surface area (Å²) in [6.45, 7) is 3.65. The number of halogens is 1. The number of hydrogen-bond donors (Lipinski definition) is 0. The number of carbonyl (C=O) groups is 3. The van der Waals surface area contributed by atoms with Gasteiger partial charge in [0.05, 0.1) is 18.1 Å². The van der Waals surface area contributed by atoms with Gasteiger partial charge >= 0.3 is 17.9 Å². The Bertz CT molecular complexity index is 988. The highest BCUT2D eigenvalue weighted by atomic mass is 32.2. The Morgan fingerprint density at radius 1 is 0.969 bits per heavy atom. The molecule has 0 spiro atoms. The lowest BCUT2D eigenvalue weighted by atomic mass is 10.1. The third kappa shape index (κ3) is 6.16. The smallest absolute Gasteiger partial charge is 0.303 e. The maximum atomic E-state index is 13.2. The lowest BCUT2D eigenvalue weighted by Gasteiger charge is -2.39. The van der Waals surface area contributed by atoms with Crippen molar-refractivity contribution in [2.75, 3.05) is 5.75 Å². The molecule has 0 aliphatic carbocycles. The molecule has 0 saturated carbocycles. The van der Waals surface area contributed by atoms with Crippen LogP contribution in [0.25, 0.3) is 11.3 Å². The van der Waals surface area contributed by atoms with E-state index in [2.05, 4.69) is 9.97 Å². The van der Waals surface area contributed by atoms with Crippen LogP contribution < -0.4 is 4.74 Å². The number of thioether (sulfide) groups is 1. The monoisotopic (exact) mass is 464 g/mol. The Labute approximate surface area is 187 Å². The highest BCUT2D eigenvalue weighted by Gasteiger charge is 2.47. The van der Waals surface area contributed by atoms with Gasteiger partial charge in [0.25, 0.3) is 0 Å². The molecule has 0 aromatic carbocycles. The molecule has 32 heavy (non-hydrogen) atoms. The van der Waals surface area contributed by atoms with Crippen LogP contribution in [0.2, 0.25) is 0 Å². The Kier molecular flexibility index (Phi) is 7.62. The summed E-state index contributed by atoms with van der Waals surface area (Å²) in [5.41, 5.74) is 0.292. The molecule has 9 nitrogen and oxygen atoms in total. The van der Waals surface area contributed by atoms with Crippen LogP contribution in [-0.4, -0.2) is 57.4 Å². The number of ether oxygens (including phenoxy) is 4. The van der Waals surface area contributed by atoms with E-state index in [1.807, 2.05) is 0 Å². The Morgan fingerprint density at radius 3 is 2.28 bits per heavy atom. The fourth-order valence-corrected chi connectivity index (χ4v) is 4.33. The van der Waals surface area contributed by atoms with E-state index in [9.17, 15) is 18.8 Å². The summed E-state index contributed by atoms with van der Waals surface area (Å²) in [5, 5.41) is 0. The first-order valence-electron chi connectivity index (χ1n) is 9.60. The lowest BCUT2D eigenvalue weighted by molar-refractivity contribution is -0.186. The molecule has 2 aromatic rings. The van der Waals surface area contributed by atoms with Crippen molar-refractivity contribution in [3.63, 3.8) is 0 Å². The molecule has 2 aromatic heterocycles. The summed E-state index contributed by atoms with van der Waals surface area (Å²) in [6, 6.07) is 4.44. The zero-order valence-corrected chi connectivity index (χ0v) is 18.3. The summed E-state index contributed by atoms with van der Waals surface area (Å²) in [6.07, 6.45) is 1.17. The van der Waals surface area contributed by atoms with Crippen LogP contribution in [0.4, 0.5) is 4.39 Å². The van der Waals surface area contributed by atoms with Crippen molar-refractivity contribution >= 4 is 29.7 Å². The number of hydrogen-bond acceptors (Lipinski definition) is 10. The van der Waals surface area contributed by atoms with E-state index >= 15 is 0 Å². The van der Waals surface area contributed by atoms with Crippen LogP contribution in [0.3, 0.4) is 0 Å². The van der Waals surface area contributed by atoms with Gasteiger partial charge in [0.1, 0.15) is 11.6 Å². The van der Waals surface area contributed by atoms with Gasteiger partial charge in [-0.25, -0.2) is 4.39 Å². The Hall–Kier alpha value is -3.21. The summed E-state index contributed by atoms with van der Waals surface area (Å²) >= 11 is 1.23. The fourth-order valence-electron chi connectivity index (χ4n) is 3.11. The normalized spacial score (nSPS) is 22.5. The summed E-state index contributed by atoms with van der Waals surface area (Å²) in [4.78, 5) is 43.1. The quantitative estimate of drug-likeness (QED) is 0.467. The second-order valence-corrected chi connectivity index (χ2v) is 8.02. The number of esters is 3. The SMILES string of the molecule is CC(=O)O[C@H]1[C@H](OC(C)=O)CSC(Oc2cncc(-c3ccc(F)cn3)c2)[C@@H]1OC(C)=O. The van der Waals surface area contributed by atoms with Crippen LogP contribution in [-0.2, 0) is 28.6 Å². The van der Waals surface area contributed by atoms with Crippen molar-refractivity contribution in [3.8, 4) is 17.0 Å². The molecule has 0 N–H and O–H groups in total. The molecule has 1 fully saturated rings. The maximum Gasteiger partial charge on any atom is 0.303 e. The first-order chi connectivity index (χ1) is 15.2. The zero-order chi connectivity index (χ0) is 23.3. The third-order valence-corrected chi connectivity index (χ3v) is 5.51. The molecule has 0 radical (unpaired) electrons. The predicted octanol–water partition coefficient (Wildman–Crippen LogP) is 2.53. The van der Waals surface area contributed by atoms with Crippen LogP contribution in [0.15, 0.2) is 36.8 Å². The molecule has 3 rings (SSSR count). The molecule has 1 aliphatic rings. The van der Waals surface area contributed by atoms with Gasteiger partial charge in [-0.3, -0.25) is 24.4 Å². The average molecular weight is 464 g/mol. The molecular formula is C21H21FN2O7S. The second-order valence-electron chi connectivity index (χ2n) is 6.89. The van der Waals surface area contributed by atoms with Gasteiger partial charge in [-0.05, 0) is 18.2 Å². The maximum absolute atomic E-state index is 13.2. The molecule has 0 bridgehead atoms. The minimum Gasteiger partial charge on any atom is -0.474 e. The zero-order valence-electron chi connectivity index (χ0n) is 17.5. The van der Waals surface area contributed by atoms with E-state index in [0.717, 1.165) is 6.20 Å². The molecule has 4 atom stereocenters. The lowest BCUT2D eigenvalue weighted by Crippen LogP contribution is -2.55. The summed E-state index contributed by atoms with van der Waals surface area (Å²) < 4.78 is 35.2. The average Bonchev–Trinajstić information content (AvgIpc) is 2.72. The highest BCUT2D eigenvalue weighted by Crippen LogP contribution is 2.34. The second kappa shape index (κ2) is 10.4. The van der Waals surface area contributed by atoms with Gasteiger partial charge in [0.2, 0.25) is 0 Å². The van der Waals surface area contributed by atoms with Gasteiger partial charge in [0.15, 0.2) is 23.7 Å². The molecule has 1 aliphatic heterocycles. The predicted molar refractivity (Wildman–Crippen MR) is 111 cm³/mol. The van der Waals surface area contributed by atoms with Crippen molar-refractivity contribution in [2.45, 2.75) is 44.5 Å². The van der Waals surface area contributed by atoms with Crippen LogP contribution in [0.1, 0.15) is 20.8 Å². The first-order valence-corrected chi connectivity index (χ1v) is 10.6. The minimum absolute atomic E-state index is 0.243. The van der Waals surface area contributed by atoms with Crippen molar-refractivity contribution in [1.82, 2.24) is 9.97 Å². The summed E-state index contributed by atoms with van der Waals surface area (Å²) in [7, 11) is 0. The first kappa shape index (κ1) is 23.5. The largest absolute Gasteiger partial charge is 0.474 e.